The second-order valence-corrected chi connectivity index (χ2v) is 6.06. The minimum Gasteiger partial charge on any atom is -0.313 e. The predicted molar refractivity (Wildman–Crippen MR) is 104 cm³/mol. The van der Waals surface area contributed by atoms with Crippen molar-refractivity contribution in [3.8, 4) is 5.69 Å². The molecule has 1 aromatic carbocycles. The Balaban J connectivity index is 0.00000225. The number of benzene rings is 1. The molecule has 2 heterocycles. The number of anilines is 1. The molecule has 0 spiro atoms. The first-order valence-electron chi connectivity index (χ1n) is 8.51. The molecule has 0 atom stereocenters. The van der Waals surface area contributed by atoms with Crippen LogP contribution in [0, 0.1) is 6.92 Å². The molecule has 2 N–H and O–H groups in total. The Kier molecular flexibility index (Phi) is 6.79. The number of amides is 1. The van der Waals surface area contributed by atoms with Gasteiger partial charge in [0.15, 0.2) is 0 Å². The van der Waals surface area contributed by atoms with Crippen LogP contribution >= 0.6 is 12.4 Å². The van der Waals surface area contributed by atoms with Crippen molar-refractivity contribution in [2.24, 2.45) is 0 Å². The summed E-state index contributed by atoms with van der Waals surface area (Å²) >= 11 is 0. The number of aromatic nitrogens is 2. The van der Waals surface area contributed by atoms with E-state index in [1.807, 2.05) is 41.9 Å². The molecule has 1 aromatic heterocycles. The van der Waals surface area contributed by atoms with E-state index in [1.54, 1.807) is 0 Å². The maximum Gasteiger partial charge on any atom is 0.229 e. The van der Waals surface area contributed by atoms with Crippen molar-refractivity contribution in [1.29, 1.82) is 0 Å². The summed E-state index contributed by atoms with van der Waals surface area (Å²) in [7, 11) is 0. The number of hydrogen-bond acceptors (Lipinski definition) is 3. The maximum absolute atomic E-state index is 12.5. The Morgan fingerprint density at radius 2 is 2.08 bits per heavy atom. The molecule has 1 amide bonds. The van der Waals surface area contributed by atoms with Gasteiger partial charge in [-0.1, -0.05) is 36.8 Å². The van der Waals surface area contributed by atoms with Gasteiger partial charge in [-0.3, -0.25) is 4.79 Å². The third-order valence-electron chi connectivity index (χ3n) is 4.36. The third kappa shape index (κ3) is 4.50. The summed E-state index contributed by atoms with van der Waals surface area (Å²) in [6.45, 7) is 5.89. The van der Waals surface area contributed by atoms with Gasteiger partial charge in [-0.25, -0.2) is 4.68 Å². The summed E-state index contributed by atoms with van der Waals surface area (Å²) in [5.41, 5.74) is 4.20. The standard InChI is InChI=1S/C19H24N4O.ClH/c1-3-17-14(2)19(23(22-17)16-7-5-4-6-8-16)21-18(24)13-15-9-11-20-12-10-15;/h4-9,20H,3,10-13H2,1-2H3,(H,21,24);1H. The largest absolute Gasteiger partial charge is 0.313 e. The van der Waals surface area contributed by atoms with E-state index in [2.05, 4.69) is 28.7 Å². The van der Waals surface area contributed by atoms with Crippen LogP contribution in [0.15, 0.2) is 42.0 Å². The fourth-order valence-electron chi connectivity index (χ4n) is 2.99. The van der Waals surface area contributed by atoms with Crippen molar-refractivity contribution in [2.45, 2.75) is 33.1 Å². The lowest BCUT2D eigenvalue weighted by Crippen LogP contribution is -2.23. The van der Waals surface area contributed by atoms with E-state index in [1.165, 1.54) is 5.57 Å². The average Bonchev–Trinajstić information content (AvgIpc) is 2.92. The van der Waals surface area contributed by atoms with E-state index in [4.69, 9.17) is 0 Å². The summed E-state index contributed by atoms with van der Waals surface area (Å²) in [6.07, 6.45) is 4.33. The summed E-state index contributed by atoms with van der Waals surface area (Å²) in [6, 6.07) is 9.92. The number of rotatable bonds is 5. The number of carbonyl (C=O) groups excluding carboxylic acids is 1. The lowest BCUT2D eigenvalue weighted by molar-refractivity contribution is -0.115. The minimum atomic E-state index is 0. The van der Waals surface area contributed by atoms with Crippen molar-refractivity contribution in [1.82, 2.24) is 15.1 Å². The highest BCUT2D eigenvalue weighted by atomic mass is 35.5. The number of halogens is 1. The number of nitrogens with one attached hydrogen (secondary N) is 2. The van der Waals surface area contributed by atoms with Gasteiger partial charge in [0.2, 0.25) is 5.91 Å². The molecule has 3 rings (SSSR count). The number of nitrogens with zero attached hydrogens (tertiary/aromatic N) is 2. The number of para-hydroxylation sites is 1. The second kappa shape index (κ2) is 8.83. The van der Waals surface area contributed by atoms with Gasteiger partial charge in [-0.05, 0) is 38.4 Å². The summed E-state index contributed by atoms with van der Waals surface area (Å²) in [4.78, 5) is 12.5. The molecule has 134 valence electrons. The molecular weight excluding hydrogens is 336 g/mol. The van der Waals surface area contributed by atoms with E-state index in [9.17, 15) is 4.79 Å². The highest BCUT2D eigenvalue weighted by molar-refractivity contribution is 5.92. The zero-order valence-corrected chi connectivity index (χ0v) is 15.5. The van der Waals surface area contributed by atoms with Crippen LogP contribution < -0.4 is 10.6 Å². The Hall–Kier alpha value is -2.11. The highest BCUT2D eigenvalue weighted by Gasteiger charge is 2.17. The molecular formula is C19H25ClN4O. The zero-order valence-electron chi connectivity index (χ0n) is 14.7. The molecule has 1 aliphatic rings. The molecule has 0 saturated carbocycles. The van der Waals surface area contributed by atoms with E-state index in [0.29, 0.717) is 6.42 Å². The van der Waals surface area contributed by atoms with Gasteiger partial charge in [-0.15, -0.1) is 12.4 Å². The lowest BCUT2D eigenvalue weighted by atomic mass is 10.1. The smallest absolute Gasteiger partial charge is 0.229 e. The van der Waals surface area contributed by atoms with E-state index >= 15 is 0 Å². The normalized spacial score (nSPS) is 13.8. The fraction of sp³-hybridized carbons (Fsp3) is 0.368. The van der Waals surface area contributed by atoms with Gasteiger partial charge in [0.1, 0.15) is 5.82 Å². The van der Waals surface area contributed by atoms with Crippen LogP contribution in [-0.2, 0) is 11.2 Å². The lowest BCUT2D eigenvalue weighted by Gasteiger charge is -2.14. The van der Waals surface area contributed by atoms with Crippen LogP contribution in [0.2, 0.25) is 0 Å². The van der Waals surface area contributed by atoms with Gasteiger partial charge in [0.25, 0.3) is 0 Å². The molecule has 25 heavy (non-hydrogen) atoms. The van der Waals surface area contributed by atoms with Crippen LogP contribution in [0.25, 0.3) is 5.69 Å². The number of hydrogen-bond donors (Lipinski definition) is 2. The first-order valence-corrected chi connectivity index (χ1v) is 8.51. The fourth-order valence-corrected chi connectivity index (χ4v) is 2.99. The monoisotopic (exact) mass is 360 g/mol. The molecule has 0 fully saturated rings. The first-order chi connectivity index (χ1) is 11.7. The SMILES string of the molecule is CCc1nn(-c2ccccc2)c(NC(=O)CC2=CCNCC2)c1C.Cl. The molecule has 6 heteroatoms. The minimum absolute atomic E-state index is 0. The van der Waals surface area contributed by atoms with E-state index in [0.717, 1.165) is 48.7 Å². The Bertz CT molecular complexity index is 752. The predicted octanol–water partition coefficient (Wildman–Crippen LogP) is 3.41. The Morgan fingerprint density at radius 1 is 1.32 bits per heavy atom. The van der Waals surface area contributed by atoms with Gasteiger partial charge >= 0.3 is 0 Å². The van der Waals surface area contributed by atoms with Crippen LogP contribution in [-0.4, -0.2) is 28.8 Å². The number of carbonyl (C=O) groups is 1. The molecule has 0 radical (unpaired) electrons. The topological polar surface area (TPSA) is 59.0 Å². The molecule has 0 aliphatic carbocycles. The molecule has 0 saturated heterocycles. The van der Waals surface area contributed by atoms with Crippen molar-refractivity contribution >= 4 is 24.1 Å². The molecule has 5 nitrogen and oxygen atoms in total. The van der Waals surface area contributed by atoms with Crippen LogP contribution in [0.1, 0.15) is 31.0 Å². The molecule has 0 unspecified atom stereocenters. The van der Waals surface area contributed by atoms with E-state index < -0.39 is 0 Å². The quantitative estimate of drug-likeness (QED) is 0.803. The van der Waals surface area contributed by atoms with Crippen LogP contribution in [0.5, 0.6) is 0 Å². The van der Waals surface area contributed by atoms with Gasteiger partial charge in [0.05, 0.1) is 11.4 Å². The van der Waals surface area contributed by atoms with Gasteiger partial charge in [-0.2, -0.15) is 5.10 Å². The Labute approximate surface area is 154 Å². The second-order valence-electron chi connectivity index (χ2n) is 6.06. The maximum atomic E-state index is 12.5. The van der Waals surface area contributed by atoms with Crippen LogP contribution in [0.3, 0.4) is 0 Å². The van der Waals surface area contributed by atoms with Gasteiger partial charge in [0, 0.05) is 18.5 Å². The Morgan fingerprint density at radius 3 is 2.72 bits per heavy atom. The first kappa shape index (κ1) is 19.2. The molecule has 0 bridgehead atoms. The van der Waals surface area contributed by atoms with Crippen molar-refractivity contribution < 1.29 is 4.79 Å². The van der Waals surface area contributed by atoms with E-state index in [-0.39, 0.29) is 18.3 Å². The van der Waals surface area contributed by atoms with Gasteiger partial charge < -0.3 is 10.6 Å². The summed E-state index contributed by atoms with van der Waals surface area (Å²) in [5.74, 6) is 0.795. The molecule has 2 aromatic rings. The third-order valence-corrected chi connectivity index (χ3v) is 4.36. The average molecular weight is 361 g/mol. The number of aryl methyl sites for hydroxylation is 1. The van der Waals surface area contributed by atoms with Crippen molar-refractivity contribution in [3.63, 3.8) is 0 Å². The summed E-state index contributed by atoms with van der Waals surface area (Å²) in [5, 5.41) is 11.0. The molecule has 1 aliphatic heterocycles. The zero-order chi connectivity index (χ0) is 16.9. The van der Waals surface area contributed by atoms with Crippen LogP contribution in [0.4, 0.5) is 5.82 Å². The summed E-state index contributed by atoms with van der Waals surface area (Å²) < 4.78 is 1.84. The highest BCUT2D eigenvalue weighted by Crippen LogP contribution is 2.24. The van der Waals surface area contributed by atoms with Crippen molar-refractivity contribution in [3.05, 3.63) is 53.2 Å². The van der Waals surface area contributed by atoms with Crippen molar-refractivity contribution in [2.75, 3.05) is 18.4 Å².